The SMILES string of the molecule is C=C/C(NC(=C)c1nc(-c2cncc(OCC(C)C)n2)ccc1N)=C(\C=C/C)N1CCC[C@H](N)C1. The minimum atomic E-state index is 0.147. The van der Waals surface area contributed by atoms with E-state index in [9.17, 15) is 0 Å². The van der Waals surface area contributed by atoms with Gasteiger partial charge in [-0.2, -0.15) is 0 Å². The van der Waals surface area contributed by atoms with Crippen LogP contribution in [0.15, 0.2) is 67.3 Å². The van der Waals surface area contributed by atoms with E-state index >= 15 is 0 Å². The van der Waals surface area contributed by atoms with Gasteiger partial charge >= 0.3 is 0 Å². The molecule has 0 saturated carbocycles. The lowest BCUT2D eigenvalue weighted by Crippen LogP contribution is -2.42. The highest BCUT2D eigenvalue weighted by molar-refractivity contribution is 5.73. The van der Waals surface area contributed by atoms with E-state index in [0.29, 0.717) is 46.9 Å². The molecular formula is C27H37N7O. The van der Waals surface area contributed by atoms with E-state index in [1.807, 2.05) is 19.1 Å². The summed E-state index contributed by atoms with van der Waals surface area (Å²) in [4.78, 5) is 15.8. The first-order valence-electron chi connectivity index (χ1n) is 12.0. The number of nitrogens with zero attached hydrogens (tertiary/aromatic N) is 4. The number of rotatable bonds is 10. The molecule has 0 bridgehead atoms. The maximum absolute atomic E-state index is 6.29. The molecule has 0 unspecified atom stereocenters. The average Bonchev–Trinajstić information content (AvgIpc) is 2.85. The normalized spacial score (nSPS) is 16.8. The van der Waals surface area contributed by atoms with Gasteiger partial charge < -0.3 is 26.4 Å². The van der Waals surface area contributed by atoms with Crippen LogP contribution in [0.5, 0.6) is 5.88 Å². The second kappa shape index (κ2) is 12.2. The van der Waals surface area contributed by atoms with Gasteiger partial charge in [-0.25, -0.2) is 9.97 Å². The van der Waals surface area contributed by atoms with Gasteiger partial charge in [0.15, 0.2) is 0 Å². The molecular weight excluding hydrogens is 438 g/mol. The minimum Gasteiger partial charge on any atom is -0.476 e. The molecule has 2 aromatic heterocycles. The first-order valence-corrected chi connectivity index (χ1v) is 12.0. The zero-order valence-electron chi connectivity index (χ0n) is 21.0. The van der Waals surface area contributed by atoms with Crippen LogP contribution in [0.1, 0.15) is 39.3 Å². The number of anilines is 1. The average molecular weight is 476 g/mol. The molecule has 35 heavy (non-hydrogen) atoms. The third-order valence-corrected chi connectivity index (χ3v) is 5.54. The van der Waals surface area contributed by atoms with E-state index in [0.717, 1.165) is 37.3 Å². The van der Waals surface area contributed by atoms with E-state index in [1.54, 1.807) is 24.5 Å². The zero-order chi connectivity index (χ0) is 25.4. The van der Waals surface area contributed by atoms with Crippen molar-refractivity contribution < 1.29 is 4.74 Å². The Hall–Kier alpha value is -3.65. The van der Waals surface area contributed by atoms with E-state index < -0.39 is 0 Å². The Kier molecular flexibility index (Phi) is 9.03. The Balaban J connectivity index is 1.89. The summed E-state index contributed by atoms with van der Waals surface area (Å²) in [5.74, 6) is 0.845. The summed E-state index contributed by atoms with van der Waals surface area (Å²) in [5.41, 5.74) is 17.2. The van der Waals surface area contributed by atoms with E-state index in [4.69, 9.17) is 21.2 Å². The highest BCUT2D eigenvalue weighted by Crippen LogP contribution is 2.25. The van der Waals surface area contributed by atoms with Gasteiger partial charge in [0.1, 0.15) is 11.4 Å². The number of ether oxygens (including phenoxy) is 1. The second-order valence-electron chi connectivity index (χ2n) is 9.04. The van der Waals surface area contributed by atoms with Gasteiger partial charge in [0.05, 0.1) is 47.5 Å². The van der Waals surface area contributed by atoms with Crippen molar-refractivity contribution in [3.63, 3.8) is 0 Å². The molecule has 1 fully saturated rings. The molecule has 0 radical (unpaired) electrons. The maximum Gasteiger partial charge on any atom is 0.232 e. The number of allylic oxidation sites excluding steroid dienone is 3. The van der Waals surface area contributed by atoms with Gasteiger partial charge in [-0.05, 0) is 50.0 Å². The lowest BCUT2D eigenvalue weighted by molar-refractivity contribution is 0.260. The van der Waals surface area contributed by atoms with Crippen LogP contribution in [0.25, 0.3) is 17.1 Å². The highest BCUT2D eigenvalue weighted by atomic mass is 16.5. The Morgan fingerprint density at radius 3 is 2.77 bits per heavy atom. The fourth-order valence-corrected chi connectivity index (χ4v) is 3.84. The Morgan fingerprint density at radius 1 is 1.29 bits per heavy atom. The molecule has 1 saturated heterocycles. The third kappa shape index (κ3) is 6.93. The molecule has 5 N–H and O–H groups in total. The third-order valence-electron chi connectivity index (χ3n) is 5.54. The van der Waals surface area contributed by atoms with Gasteiger partial charge in [0.2, 0.25) is 5.88 Å². The molecule has 1 aliphatic heterocycles. The standard InChI is InChI=1S/C27H37N7O/c1-6-9-25(34-13-8-10-20(28)16-34)22(7-2)31-19(5)27-21(29)11-12-23(33-27)24-14-30-15-26(32-24)35-17-18(3)4/h6-7,9,11-12,14-15,18,20,31H,2,5,8,10,13,16-17,28-29H2,1,3-4H3/b9-6-,25-22-/t20-/m0/s1. The molecule has 0 spiro atoms. The number of nitrogens with one attached hydrogen (secondary N) is 1. The van der Waals surface area contributed by atoms with Crippen molar-refractivity contribution in [2.45, 2.75) is 39.7 Å². The molecule has 0 amide bonds. The molecule has 0 aromatic carbocycles. The summed E-state index contributed by atoms with van der Waals surface area (Å²) in [6.07, 6.45) is 11.2. The Bertz CT molecular complexity index is 1110. The lowest BCUT2D eigenvalue weighted by Gasteiger charge is -2.34. The summed E-state index contributed by atoms with van der Waals surface area (Å²) in [7, 11) is 0. The topological polar surface area (TPSA) is 115 Å². The molecule has 8 heteroatoms. The van der Waals surface area contributed by atoms with Gasteiger partial charge in [-0.15, -0.1) is 0 Å². The molecule has 3 heterocycles. The molecule has 8 nitrogen and oxygen atoms in total. The van der Waals surface area contributed by atoms with E-state index in [1.165, 1.54) is 0 Å². The van der Waals surface area contributed by atoms with Gasteiger partial charge in [-0.1, -0.05) is 33.1 Å². The molecule has 2 aromatic rings. The minimum absolute atomic E-state index is 0.147. The highest BCUT2D eigenvalue weighted by Gasteiger charge is 2.20. The second-order valence-corrected chi connectivity index (χ2v) is 9.04. The van der Waals surface area contributed by atoms with Crippen molar-refractivity contribution >= 4 is 11.4 Å². The van der Waals surface area contributed by atoms with Gasteiger partial charge in [0, 0.05) is 19.1 Å². The first-order chi connectivity index (χ1) is 16.8. The summed E-state index contributed by atoms with van der Waals surface area (Å²) < 4.78 is 5.72. The number of likely N-dealkylation sites (tertiary alicyclic amines) is 1. The van der Waals surface area contributed by atoms with Gasteiger partial charge in [0.25, 0.3) is 0 Å². The monoisotopic (exact) mass is 475 g/mol. The number of pyridine rings is 1. The predicted octanol–water partition coefficient (Wildman–Crippen LogP) is 4.11. The number of piperidine rings is 1. The summed E-state index contributed by atoms with van der Waals surface area (Å²) in [6, 6.07) is 3.75. The number of aromatic nitrogens is 3. The van der Waals surface area contributed by atoms with Crippen molar-refractivity contribution in [2.24, 2.45) is 11.7 Å². The Labute approximate surface area is 208 Å². The van der Waals surface area contributed by atoms with Crippen molar-refractivity contribution in [1.82, 2.24) is 25.2 Å². The number of hydrogen-bond acceptors (Lipinski definition) is 8. The quantitative estimate of drug-likeness (QED) is 0.440. The van der Waals surface area contributed by atoms with E-state index in [-0.39, 0.29) is 6.04 Å². The smallest absolute Gasteiger partial charge is 0.232 e. The zero-order valence-corrected chi connectivity index (χ0v) is 21.0. The lowest BCUT2D eigenvalue weighted by atomic mass is 10.1. The fourth-order valence-electron chi connectivity index (χ4n) is 3.84. The van der Waals surface area contributed by atoms with E-state index in [2.05, 4.69) is 53.3 Å². The number of hydrogen-bond donors (Lipinski definition) is 3. The first kappa shape index (κ1) is 26.0. The van der Waals surface area contributed by atoms with Crippen molar-refractivity contribution in [2.75, 3.05) is 25.4 Å². The van der Waals surface area contributed by atoms with Crippen molar-refractivity contribution in [3.05, 3.63) is 73.0 Å². The van der Waals surface area contributed by atoms with Crippen LogP contribution in [-0.4, -0.2) is 45.6 Å². The number of nitrogens with two attached hydrogens (primary N) is 2. The van der Waals surface area contributed by atoms with Crippen LogP contribution < -0.4 is 21.5 Å². The fraction of sp³-hybridized carbons (Fsp3) is 0.370. The van der Waals surface area contributed by atoms with Crippen LogP contribution >= 0.6 is 0 Å². The number of nitrogen functional groups attached to an aromatic ring is 1. The maximum atomic E-state index is 6.29. The molecule has 3 rings (SSSR count). The largest absolute Gasteiger partial charge is 0.476 e. The van der Waals surface area contributed by atoms with Crippen LogP contribution in [0.4, 0.5) is 5.69 Å². The summed E-state index contributed by atoms with van der Waals surface area (Å²) in [5, 5.41) is 3.37. The molecule has 1 atom stereocenters. The predicted molar refractivity (Wildman–Crippen MR) is 143 cm³/mol. The van der Waals surface area contributed by atoms with Crippen LogP contribution in [0, 0.1) is 5.92 Å². The summed E-state index contributed by atoms with van der Waals surface area (Å²) >= 11 is 0. The summed E-state index contributed by atoms with van der Waals surface area (Å²) in [6.45, 7) is 16.7. The van der Waals surface area contributed by atoms with Crippen molar-refractivity contribution in [1.29, 1.82) is 0 Å². The van der Waals surface area contributed by atoms with Crippen LogP contribution in [0.2, 0.25) is 0 Å². The molecule has 0 aliphatic carbocycles. The molecule has 1 aliphatic rings. The van der Waals surface area contributed by atoms with Crippen LogP contribution in [-0.2, 0) is 0 Å². The Morgan fingerprint density at radius 2 is 2.09 bits per heavy atom. The van der Waals surface area contributed by atoms with Crippen molar-refractivity contribution in [3.8, 4) is 17.3 Å². The molecule has 186 valence electrons. The van der Waals surface area contributed by atoms with Crippen LogP contribution in [0.3, 0.4) is 0 Å². The van der Waals surface area contributed by atoms with Gasteiger partial charge in [-0.3, -0.25) is 4.98 Å².